The number of nitrogens with zero attached hydrogens (tertiary/aromatic N) is 2. The highest BCUT2D eigenvalue weighted by atomic mass is 32.1. The minimum Gasteiger partial charge on any atom is -0.365 e. The molecule has 0 aliphatic rings. The molecular weight excluding hydrogens is 213 g/mol. The number of rotatable bonds is 3. The zero-order valence-electron chi connectivity index (χ0n) is 8.62. The number of halogens is 1. The summed E-state index contributed by atoms with van der Waals surface area (Å²) in [6.45, 7) is 2.57. The fourth-order valence-electron chi connectivity index (χ4n) is 1.40. The standard InChI is InChI=1S/C10H12FN3S/c1-7-5-10(14(2)13-7)12-6-8-3-4-9(11)15-8/h3-5,12H,6H2,1-2H3. The maximum atomic E-state index is 12.7. The molecule has 2 aromatic heterocycles. The highest BCUT2D eigenvalue weighted by molar-refractivity contribution is 7.10. The van der Waals surface area contributed by atoms with Gasteiger partial charge in [0.15, 0.2) is 5.13 Å². The van der Waals surface area contributed by atoms with Crippen LogP contribution in [-0.4, -0.2) is 9.78 Å². The maximum absolute atomic E-state index is 12.7. The molecule has 0 spiro atoms. The molecule has 0 aliphatic heterocycles. The first-order chi connectivity index (χ1) is 7.15. The van der Waals surface area contributed by atoms with E-state index in [2.05, 4.69) is 10.4 Å². The van der Waals surface area contributed by atoms with Crippen LogP contribution >= 0.6 is 11.3 Å². The van der Waals surface area contributed by atoms with Crippen molar-refractivity contribution in [2.45, 2.75) is 13.5 Å². The van der Waals surface area contributed by atoms with Crippen LogP contribution in [0.25, 0.3) is 0 Å². The Hall–Kier alpha value is -1.36. The van der Waals surface area contributed by atoms with Crippen LogP contribution in [0, 0.1) is 12.1 Å². The van der Waals surface area contributed by atoms with Crippen molar-refractivity contribution in [3.05, 3.63) is 33.9 Å². The van der Waals surface area contributed by atoms with Crippen LogP contribution in [0.2, 0.25) is 0 Å². The van der Waals surface area contributed by atoms with Crippen LogP contribution in [0.1, 0.15) is 10.6 Å². The quantitative estimate of drug-likeness (QED) is 0.870. The van der Waals surface area contributed by atoms with Crippen molar-refractivity contribution in [2.24, 2.45) is 7.05 Å². The van der Waals surface area contributed by atoms with E-state index in [1.54, 1.807) is 10.7 Å². The van der Waals surface area contributed by atoms with Crippen molar-refractivity contribution in [1.29, 1.82) is 0 Å². The molecule has 0 unspecified atom stereocenters. The summed E-state index contributed by atoms with van der Waals surface area (Å²) in [7, 11) is 1.88. The first kappa shape index (κ1) is 10.2. The van der Waals surface area contributed by atoms with E-state index in [-0.39, 0.29) is 5.13 Å². The monoisotopic (exact) mass is 225 g/mol. The Morgan fingerprint density at radius 2 is 2.33 bits per heavy atom. The van der Waals surface area contributed by atoms with Crippen LogP contribution in [0.4, 0.5) is 10.2 Å². The third-order valence-electron chi connectivity index (χ3n) is 2.07. The van der Waals surface area contributed by atoms with Crippen molar-refractivity contribution in [3.63, 3.8) is 0 Å². The van der Waals surface area contributed by atoms with Gasteiger partial charge >= 0.3 is 0 Å². The largest absolute Gasteiger partial charge is 0.365 e. The number of hydrogen-bond acceptors (Lipinski definition) is 3. The van der Waals surface area contributed by atoms with Gasteiger partial charge < -0.3 is 5.32 Å². The van der Waals surface area contributed by atoms with Gasteiger partial charge in [0, 0.05) is 18.0 Å². The molecule has 0 amide bonds. The molecule has 2 aromatic rings. The van der Waals surface area contributed by atoms with Gasteiger partial charge in [0.1, 0.15) is 5.82 Å². The Kier molecular flexibility index (Phi) is 2.73. The Balaban J connectivity index is 2.01. The summed E-state index contributed by atoms with van der Waals surface area (Å²) >= 11 is 1.16. The first-order valence-corrected chi connectivity index (χ1v) is 5.45. The molecule has 0 saturated heterocycles. The summed E-state index contributed by atoms with van der Waals surface area (Å²) in [6.07, 6.45) is 0. The lowest BCUT2D eigenvalue weighted by Gasteiger charge is -2.03. The lowest BCUT2D eigenvalue weighted by Crippen LogP contribution is -2.03. The van der Waals surface area contributed by atoms with E-state index in [4.69, 9.17) is 0 Å². The maximum Gasteiger partial charge on any atom is 0.176 e. The Bertz CT molecular complexity index is 461. The fraction of sp³-hybridized carbons (Fsp3) is 0.300. The van der Waals surface area contributed by atoms with Crippen molar-refractivity contribution in [3.8, 4) is 0 Å². The zero-order valence-corrected chi connectivity index (χ0v) is 9.44. The predicted molar refractivity (Wildman–Crippen MR) is 59.5 cm³/mol. The first-order valence-electron chi connectivity index (χ1n) is 4.64. The second-order valence-corrected chi connectivity index (χ2v) is 4.47. The highest BCUT2D eigenvalue weighted by Gasteiger charge is 2.02. The fourth-order valence-corrected chi connectivity index (χ4v) is 2.07. The lowest BCUT2D eigenvalue weighted by atomic mass is 10.4. The average Bonchev–Trinajstić information content (AvgIpc) is 2.70. The minimum absolute atomic E-state index is 0.145. The van der Waals surface area contributed by atoms with Crippen LogP contribution < -0.4 is 5.32 Å². The molecule has 0 bridgehead atoms. The third-order valence-corrected chi connectivity index (χ3v) is 2.95. The molecule has 1 N–H and O–H groups in total. The van der Waals surface area contributed by atoms with Crippen molar-refractivity contribution < 1.29 is 4.39 Å². The number of aromatic nitrogens is 2. The van der Waals surface area contributed by atoms with Crippen molar-refractivity contribution in [2.75, 3.05) is 5.32 Å². The van der Waals surface area contributed by atoms with Crippen LogP contribution in [-0.2, 0) is 13.6 Å². The normalized spacial score (nSPS) is 10.6. The summed E-state index contributed by atoms with van der Waals surface area (Å²) in [6, 6.07) is 5.23. The molecule has 5 heteroatoms. The van der Waals surface area contributed by atoms with Crippen LogP contribution in [0.5, 0.6) is 0 Å². The van der Waals surface area contributed by atoms with Gasteiger partial charge in [-0.1, -0.05) is 0 Å². The summed E-state index contributed by atoms with van der Waals surface area (Å²) in [5, 5.41) is 7.27. The minimum atomic E-state index is -0.145. The molecule has 2 rings (SSSR count). The number of hydrogen-bond donors (Lipinski definition) is 1. The Labute approximate surface area is 91.5 Å². The second kappa shape index (κ2) is 4.02. The van der Waals surface area contributed by atoms with E-state index < -0.39 is 0 Å². The van der Waals surface area contributed by atoms with E-state index in [1.807, 2.05) is 20.0 Å². The van der Waals surface area contributed by atoms with E-state index in [0.29, 0.717) is 6.54 Å². The van der Waals surface area contributed by atoms with Gasteiger partial charge in [-0.25, -0.2) is 0 Å². The topological polar surface area (TPSA) is 29.9 Å². The van der Waals surface area contributed by atoms with E-state index in [1.165, 1.54) is 6.07 Å². The number of aryl methyl sites for hydroxylation is 2. The molecule has 15 heavy (non-hydrogen) atoms. The van der Waals surface area contributed by atoms with Gasteiger partial charge in [-0.2, -0.15) is 9.49 Å². The van der Waals surface area contributed by atoms with Gasteiger partial charge in [0.25, 0.3) is 0 Å². The van der Waals surface area contributed by atoms with Gasteiger partial charge in [-0.05, 0) is 19.1 Å². The van der Waals surface area contributed by atoms with Gasteiger partial charge in [0.05, 0.1) is 12.2 Å². The number of anilines is 1. The molecule has 0 radical (unpaired) electrons. The molecular formula is C10H12FN3S. The van der Waals surface area contributed by atoms with Gasteiger partial charge in [-0.3, -0.25) is 4.68 Å². The smallest absolute Gasteiger partial charge is 0.176 e. The molecule has 80 valence electrons. The number of thiophene rings is 1. The Morgan fingerprint density at radius 1 is 1.53 bits per heavy atom. The second-order valence-electron chi connectivity index (χ2n) is 3.35. The molecule has 0 saturated carbocycles. The summed E-state index contributed by atoms with van der Waals surface area (Å²) in [4.78, 5) is 0.978. The van der Waals surface area contributed by atoms with E-state index in [0.717, 1.165) is 27.7 Å². The Morgan fingerprint density at radius 3 is 2.87 bits per heavy atom. The van der Waals surface area contributed by atoms with Gasteiger partial charge in [0.2, 0.25) is 0 Å². The average molecular weight is 225 g/mol. The number of nitrogens with one attached hydrogen (secondary N) is 1. The van der Waals surface area contributed by atoms with Crippen LogP contribution in [0.3, 0.4) is 0 Å². The highest BCUT2D eigenvalue weighted by Crippen LogP contribution is 2.16. The molecule has 3 nitrogen and oxygen atoms in total. The van der Waals surface area contributed by atoms with Crippen LogP contribution in [0.15, 0.2) is 18.2 Å². The predicted octanol–water partition coefficient (Wildman–Crippen LogP) is 2.54. The summed E-state index contributed by atoms with van der Waals surface area (Å²) in [5.74, 6) is 0.946. The zero-order chi connectivity index (χ0) is 10.8. The summed E-state index contributed by atoms with van der Waals surface area (Å²) in [5.41, 5.74) is 0.970. The van der Waals surface area contributed by atoms with Gasteiger partial charge in [-0.15, -0.1) is 11.3 Å². The van der Waals surface area contributed by atoms with E-state index >= 15 is 0 Å². The van der Waals surface area contributed by atoms with Crippen molar-refractivity contribution in [1.82, 2.24) is 9.78 Å². The SMILES string of the molecule is Cc1cc(NCc2ccc(F)s2)n(C)n1. The molecule has 2 heterocycles. The summed E-state index contributed by atoms with van der Waals surface area (Å²) < 4.78 is 14.5. The molecule has 0 atom stereocenters. The molecule has 0 aromatic carbocycles. The molecule has 0 fully saturated rings. The molecule has 0 aliphatic carbocycles. The third kappa shape index (κ3) is 2.36. The lowest BCUT2D eigenvalue weighted by molar-refractivity contribution is 0.657. The van der Waals surface area contributed by atoms with E-state index in [9.17, 15) is 4.39 Å². The van der Waals surface area contributed by atoms with Crippen molar-refractivity contribution >= 4 is 17.2 Å².